The van der Waals surface area contributed by atoms with Gasteiger partial charge >= 0.3 is 0 Å². The van der Waals surface area contributed by atoms with Crippen molar-refractivity contribution < 1.29 is 4.74 Å². The maximum atomic E-state index is 5.50. The summed E-state index contributed by atoms with van der Waals surface area (Å²) < 4.78 is 5.50. The van der Waals surface area contributed by atoms with Crippen LogP contribution >= 0.6 is 0 Å². The second kappa shape index (κ2) is 6.24. The van der Waals surface area contributed by atoms with Crippen molar-refractivity contribution in [2.45, 2.75) is 39.7 Å². The Hall–Kier alpha value is -0.770. The highest BCUT2D eigenvalue weighted by Gasteiger charge is 2.25. The number of aliphatic imine (C=N–C) groups is 1. The molecular formula is C13H27N3O. The fraction of sp³-hybridized carbons (Fsp3) is 0.923. The molecule has 1 aliphatic carbocycles. The number of guanidine groups is 1. The van der Waals surface area contributed by atoms with Crippen LogP contribution in [-0.4, -0.2) is 39.3 Å². The van der Waals surface area contributed by atoms with Gasteiger partial charge < -0.3 is 15.4 Å². The fourth-order valence-corrected chi connectivity index (χ4v) is 1.72. The van der Waals surface area contributed by atoms with Crippen LogP contribution in [0.3, 0.4) is 0 Å². The van der Waals surface area contributed by atoms with Gasteiger partial charge in [0.15, 0.2) is 5.96 Å². The normalized spacial score (nSPS) is 19.0. The zero-order chi connectivity index (χ0) is 12.9. The predicted octanol–water partition coefficient (Wildman–Crippen LogP) is 1.62. The minimum absolute atomic E-state index is 0.136. The number of nitrogens with zero attached hydrogens (tertiary/aromatic N) is 1. The van der Waals surface area contributed by atoms with Crippen LogP contribution in [0.1, 0.15) is 33.6 Å². The predicted molar refractivity (Wildman–Crippen MR) is 72.3 cm³/mol. The van der Waals surface area contributed by atoms with E-state index in [4.69, 9.17) is 4.74 Å². The molecule has 0 aromatic rings. The van der Waals surface area contributed by atoms with Crippen molar-refractivity contribution in [3.8, 4) is 0 Å². The molecule has 0 aromatic carbocycles. The average molecular weight is 241 g/mol. The molecule has 1 fully saturated rings. The molecule has 0 bridgehead atoms. The summed E-state index contributed by atoms with van der Waals surface area (Å²) >= 11 is 0. The van der Waals surface area contributed by atoms with E-state index in [-0.39, 0.29) is 11.5 Å². The summed E-state index contributed by atoms with van der Waals surface area (Å²) in [5.41, 5.74) is 0.136. The van der Waals surface area contributed by atoms with Gasteiger partial charge in [-0.05, 0) is 24.2 Å². The Morgan fingerprint density at radius 1 is 1.35 bits per heavy atom. The lowest BCUT2D eigenvalue weighted by molar-refractivity contribution is 0.0205. The Kier molecular flexibility index (Phi) is 5.25. The molecule has 0 aliphatic heterocycles. The van der Waals surface area contributed by atoms with Gasteiger partial charge in [-0.25, -0.2) is 0 Å². The average Bonchev–Trinajstić information content (AvgIpc) is 3.05. The molecule has 4 nitrogen and oxygen atoms in total. The van der Waals surface area contributed by atoms with Crippen molar-refractivity contribution in [2.75, 3.05) is 27.2 Å². The first-order valence-electron chi connectivity index (χ1n) is 6.44. The molecule has 2 N–H and O–H groups in total. The highest BCUT2D eigenvalue weighted by Crippen LogP contribution is 2.27. The number of ether oxygens (including phenoxy) is 1. The summed E-state index contributed by atoms with van der Waals surface area (Å²) in [4.78, 5) is 4.21. The third-order valence-electron chi connectivity index (χ3n) is 3.18. The lowest BCUT2D eigenvalue weighted by Gasteiger charge is -2.30. The minimum atomic E-state index is 0.136. The third kappa shape index (κ3) is 5.39. The molecule has 0 saturated heterocycles. The van der Waals surface area contributed by atoms with E-state index >= 15 is 0 Å². The van der Waals surface area contributed by atoms with Gasteiger partial charge in [-0.1, -0.05) is 20.8 Å². The first-order chi connectivity index (χ1) is 7.97. The van der Waals surface area contributed by atoms with E-state index in [0.29, 0.717) is 0 Å². The van der Waals surface area contributed by atoms with Gasteiger partial charge in [0.2, 0.25) is 0 Å². The molecule has 0 spiro atoms. The van der Waals surface area contributed by atoms with Crippen molar-refractivity contribution >= 4 is 5.96 Å². The molecule has 1 saturated carbocycles. The summed E-state index contributed by atoms with van der Waals surface area (Å²) in [6, 6.07) is 0. The molecule has 0 amide bonds. The third-order valence-corrected chi connectivity index (χ3v) is 3.18. The largest absolute Gasteiger partial charge is 0.379 e. The molecule has 0 heterocycles. The Balaban J connectivity index is 2.29. The number of nitrogens with one attached hydrogen (secondary N) is 2. The highest BCUT2D eigenvalue weighted by molar-refractivity contribution is 5.79. The van der Waals surface area contributed by atoms with E-state index in [1.165, 1.54) is 12.8 Å². The second-order valence-electron chi connectivity index (χ2n) is 5.87. The topological polar surface area (TPSA) is 45.7 Å². The maximum absolute atomic E-state index is 5.50. The second-order valence-corrected chi connectivity index (χ2v) is 5.87. The molecule has 0 aromatic heterocycles. The zero-order valence-electron chi connectivity index (χ0n) is 11.8. The van der Waals surface area contributed by atoms with Crippen LogP contribution in [0.25, 0.3) is 0 Å². The van der Waals surface area contributed by atoms with Crippen LogP contribution in [0, 0.1) is 11.3 Å². The van der Waals surface area contributed by atoms with Gasteiger partial charge in [-0.15, -0.1) is 0 Å². The van der Waals surface area contributed by atoms with Crippen molar-refractivity contribution in [1.29, 1.82) is 0 Å². The zero-order valence-corrected chi connectivity index (χ0v) is 11.8. The summed E-state index contributed by atoms with van der Waals surface area (Å²) in [6.45, 7) is 8.37. The smallest absolute Gasteiger partial charge is 0.191 e. The molecule has 0 radical (unpaired) electrons. The fourth-order valence-electron chi connectivity index (χ4n) is 1.72. The molecule has 17 heavy (non-hydrogen) atoms. The first kappa shape index (κ1) is 14.3. The van der Waals surface area contributed by atoms with Gasteiger partial charge in [0.25, 0.3) is 0 Å². The summed E-state index contributed by atoms with van der Waals surface area (Å²) in [5.74, 6) is 1.73. The van der Waals surface area contributed by atoms with E-state index in [1.54, 1.807) is 14.2 Å². The van der Waals surface area contributed by atoms with Gasteiger partial charge in [-0.3, -0.25) is 4.99 Å². The monoisotopic (exact) mass is 241 g/mol. The van der Waals surface area contributed by atoms with Crippen LogP contribution < -0.4 is 10.6 Å². The number of rotatable bonds is 5. The van der Waals surface area contributed by atoms with Crippen LogP contribution in [-0.2, 0) is 4.74 Å². The van der Waals surface area contributed by atoms with E-state index in [1.807, 2.05) is 0 Å². The van der Waals surface area contributed by atoms with Gasteiger partial charge in [0, 0.05) is 27.2 Å². The lowest BCUT2D eigenvalue weighted by Crippen LogP contribution is -2.45. The first-order valence-corrected chi connectivity index (χ1v) is 6.44. The van der Waals surface area contributed by atoms with Gasteiger partial charge in [-0.2, -0.15) is 0 Å². The Labute approximate surface area is 105 Å². The number of hydrogen-bond donors (Lipinski definition) is 2. The highest BCUT2D eigenvalue weighted by atomic mass is 16.5. The number of methoxy groups -OCH3 is 1. The van der Waals surface area contributed by atoms with E-state index in [0.717, 1.165) is 25.0 Å². The summed E-state index contributed by atoms with van der Waals surface area (Å²) in [7, 11) is 3.57. The number of hydrogen-bond acceptors (Lipinski definition) is 2. The quantitative estimate of drug-likeness (QED) is 0.568. The summed E-state index contributed by atoms with van der Waals surface area (Å²) in [5, 5.41) is 6.67. The SMILES string of the molecule is CN=C(NCC1CC1)NCC(OC)C(C)(C)C. The lowest BCUT2D eigenvalue weighted by atomic mass is 9.89. The molecule has 100 valence electrons. The van der Waals surface area contributed by atoms with E-state index in [2.05, 4.69) is 36.4 Å². The van der Waals surface area contributed by atoms with Crippen molar-refractivity contribution in [1.82, 2.24) is 10.6 Å². The van der Waals surface area contributed by atoms with Crippen LogP contribution in [0.4, 0.5) is 0 Å². The van der Waals surface area contributed by atoms with Crippen molar-refractivity contribution in [3.05, 3.63) is 0 Å². The minimum Gasteiger partial charge on any atom is -0.379 e. The maximum Gasteiger partial charge on any atom is 0.191 e. The van der Waals surface area contributed by atoms with Crippen LogP contribution in [0.15, 0.2) is 4.99 Å². The van der Waals surface area contributed by atoms with E-state index < -0.39 is 0 Å². The summed E-state index contributed by atoms with van der Waals surface area (Å²) in [6.07, 6.45) is 2.89. The molecule has 1 rings (SSSR count). The molecular weight excluding hydrogens is 214 g/mol. The standard InChI is InChI=1S/C13H27N3O/c1-13(2,3)11(17-5)9-16-12(14-4)15-8-10-6-7-10/h10-11H,6-9H2,1-5H3,(H2,14,15,16). The van der Waals surface area contributed by atoms with Gasteiger partial charge in [0.1, 0.15) is 0 Å². The molecule has 1 unspecified atom stereocenters. The van der Waals surface area contributed by atoms with Gasteiger partial charge in [0.05, 0.1) is 6.10 Å². The Bertz CT molecular complexity index is 254. The molecule has 1 atom stereocenters. The Morgan fingerprint density at radius 2 is 2.00 bits per heavy atom. The molecule has 1 aliphatic rings. The van der Waals surface area contributed by atoms with Crippen molar-refractivity contribution in [2.24, 2.45) is 16.3 Å². The molecule has 4 heteroatoms. The van der Waals surface area contributed by atoms with Crippen LogP contribution in [0.5, 0.6) is 0 Å². The van der Waals surface area contributed by atoms with Crippen LogP contribution in [0.2, 0.25) is 0 Å². The Morgan fingerprint density at radius 3 is 2.41 bits per heavy atom. The van der Waals surface area contributed by atoms with E-state index in [9.17, 15) is 0 Å². The van der Waals surface area contributed by atoms with Crippen molar-refractivity contribution in [3.63, 3.8) is 0 Å².